The van der Waals surface area contributed by atoms with Crippen LogP contribution in [0.2, 0.25) is 0 Å². The molecule has 0 aromatic rings. The van der Waals surface area contributed by atoms with E-state index in [0.717, 1.165) is 5.98 Å². The molecule has 0 unspecified atom stereocenters. The van der Waals surface area contributed by atoms with Gasteiger partial charge in [0.15, 0.2) is 0 Å². The molecule has 0 spiro atoms. The van der Waals surface area contributed by atoms with Crippen LogP contribution in [-0.4, -0.2) is 38.6 Å². The Labute approximate surface area is 79.7 Å². The molecule has 0 bridgehead atoms. The smallest absolute Gasteiger partial charge is 0.424 e. The van der Waals surface area contributed by atoms with Crippen molar-refractivity contribution in [1.29, 1.82) is 0 Å². The Morgan fingerprint density at radius 2 is 1.15 bits per heavy atom. The van der Waals surface area contributed by atoms with Crippen LogP contribution in [0.15, 0.2) is 12.6 Å². The Morgan fingerprint density at radius 1 is 1.00 bits per heavy atom. The average molecular weight is 190 g/mol. The maximum atomic E-state index is 9.10. The van der Waals surface area contributed by atoms with Crippen molar-refractivity contribution in [3.63, 3.8) is 0 Å². The lowest BCUT2D eigenvalue weighted by molar-refractivity contribution is -0.107. The normalized spacial score (nSPS) is 11.4. The van der Waals surface area contributed by atoms with Crippen molar-refractivity contribution < 1.29 is 20.3 Å². The van der Waals surface area contributed by atoms with E-state index in [0.29, 0.717) is 0 Å². The highest BCUT2D eigenvalue weighted by Crippen LogP contribution is 2.19. The van der Waals surface area contributed by atoms with Crippen LogP contribution in [0.25, 0.3) is 0 Å². The minimum Gasteiger partial charge on any atom is -0.424 e. The molecule has 4 N–H and O–H groups in total. The number of hydrogen-bond donors (Lipinski definition) is 4. The topological polar surface area (TPSA) is 80.9 Å². The standard InChI is InChI=1S/C6H14O2.C2H5BO2/c1-5(2,7)6(3,4)8;1-2-3(4)5/h7-8H,1-4H3;2,4-5H,1H2. The van der Waals surface area contributed by atoms with Gasteiger partial charge in [-0.3, -0.25) is 0 Å². The van der Waals surface area contributed by atoms with Crippen LogP contribution >= 0.6 is 0 Å². The molecule has 0 saturated carbocycles. The monoisotopic (exact) mass is 190 g/mol. The second-order valence-corrected chi connectivity index (χ2v) is 3.77. The quantitative estimate of drug-likeness (QED) is 0.451. The summed E-state index contributed by atoms with van der Waals surface area (Å²) >= 11 is 0. The van der Waals surface area contributed by atoms with Crippen LogP contribution in [0.3, 0.4) is 0 Å². The molecule has 0 aliphatic heterocycles. The SMILES string of the molecule is C=CB(O)O.CC(C)(O)C(C)(C)O. The fourth-order valence-corrected chi connectivity index (χ4v) is 0. The summed E-state index contributed by atoms with van der Waals surface area (Å²) in [6.07, 6.45) is 0. The van der Waals surface area contributed by atoms with Crippen molar-refractivity contribution >= 4 is 7.12 Å². The number of rotatable bonds is 2. The van der Waals surface area contributed by atoms with Gasteiger partial charge in [0.05, 0.1) is 11.2 Å². The van der Waals surface area contributed by atoms with Crippen molar-refractivity contribution in [2.45, 2.75) is 38.9 Å². The van der Waals surface area contributed by atoms with Crippen molar-refractivity contribution in [2.75, 3.05) is 0 Å². The van der Waals surface area contributed by atoms with Gasteiger partial charge in [0.2, 0.25) is 0 Å². The van der Waals surface area contributed by atoms with Gasteiger partial charge in [0, 0.05) is 0 Å². The molecule has 0 aromatic carbocycles. The van der Waals surface area contributed by atoms with Gasteiger partial charge in [-0.15, -0.1) is 6.58 Å². The van der Waals surface area contributed by atoms with Crippen molar-refractivity contribution in [2.24, 2.45) is 0 Å². The van der Waals surface area contributed by atoms with E-state index >= 15 is 0 Å². The zero-order valence-electron chi connectivity index (χ0n) is 8.65. The van der Waals surface area contributed by atoms with E-state index in [1.54, 1.807) is 27.7 Å². The Kier molecular flexibility index (Phi) is 6.28. The molecular formula is C8H19BO4. The summed E-state index contributed by atoms with van der Waals surface area (Å²) in [6.45, 7) is 9.37. The van der Waals surface area contributed by atoms with Crippen molar-refractivity contribution in [3.05, 3.63) is 12.6 Å². The number of aliphatic hydroxyl groups is 2. The molecule has 0 aromatic heterocycles. The van der Waals surface area contributed by atoms with Crippen molar-refractivity contribution in [3.8, 4) is 0 Å². The van der Waals surface area contributed by atoms with Crippen LogP contribution in [0, 0.1) is 0 Å². The summed E-state index contributed by atoms with van der Waals surface area (Å²) in [4.78, 5) is 0. The van der Waals surface area contributed by atoms with Crippen LogP contribution < -0.4 is 0 Å². The zero-order valence-corrected chi connectivity index (χ0v) is 8.65. The van der Waals surface area contributed by atoms with Gasteiger partial charge in [0.25, 0.3) is 0 Å². The first-order valence-corrected chi connectivity index (χ1v) is 3.96. The lowest BCUT2D eigenvalue weighted by Crippen LogP contribution is -2.44. The Balaban J connectivity index is 0. The molecule has 0 rings (SSSR count). The Bertz CT molecular complexity index is 131. The molecule has 0 fully saturated rings. The summed E-state index contributed by atoms with van der Waals surface area (Å²) in [7, 11) is -1.35. The number of hydrogen-bond acceptors (Lipinski definition) is 4. The van der Waals surface area contributed by atoms with Crippen LogP contribution in [0.4, 0.5) is 0 Å². The molecule has 13 heavy (non-hydrogen) atoms. The first-order valence-electron chi connectivity index (χ1n) is 3.96. The van der Waals surface area contributed by atoms with Crippen LogP contribution in [-0.2, 0) is 0 Å². The van der Waals surface area contributed by atoms with E-state index < -0.39 is 18.3 Å². The molecule has 5 heteroatoms. The molecule has 0 aliphatic carbocycles. The second kappa shape index (κ2) is 5.39. The largest absolute Gasteiger partial charge is 0.480 e. The Morgan fingerprint density at radius 3 is 1.15 bits per heavy atom. The lowest BCUT2D eigenvalue weighted by Gasteiger charge is -2.31. The third-order valence-electron chi connectivity index (χ3n) is 1.71. The maximum Gasteiger partial charge on any atom is 0.480 e. The van der Waals surface area contributed by atoms with E-state index in [1.165, 1.54) is 0 Å². The van der Waals surface area contributed by atoms with Crippen molar-refractivity contribution in [1.82, 2.24) is 0 Å². The van der Waals surface area contributed by atoms with E-state index in [1.807, 2.05) is 0 Å². The predicted molar refractivity (Wildman–Crippen MR) is 53.0 cm³/mol. The first-order chi connectivity index (χ1) is 5.52. The van der Waals surface area contributed by atoms with Gasteiger partial charge < -0.3 is 20.3 Å². The van der Waals surface area contributed by atoms with Gasteiger partial charge >= 0.3 is 7.12 Å². The van der Waals surface area contributed by atoms with Gasteiger partial charge in [-0.1, -0.05) is 5.98 Å². The Hall–Kier alpha value is -0.355. The fourth-order valence-electron chi connectivity index (χ4n) is 0. The molecule has 0 aliphatic rings. The second-order valence-electron chi connectivity index (χ2n) is 3.77. The third kappa shape index (κ3) is 9.56. The molecule has 0 atom stereocenters. The van der Waals surface area contributed by atoms with E-state index in [4.69, 9.17) is 20.3 Å². The van der Waals surface area contributed by atoms with Gasteiger partial charge in [-0.05, 0) is 27.7 Å². The lowest BCUT2D eigenvalue weighted by atomic mass is 9.90. The molecule has 0 saturated heterocycles. The van der Waals surface area contributed by atoms with Gasteiger partial charge in [-0.25, -0.2) is 0 Å². The molecule has 4 nitrogen and oxygen atoms in total. The van der Waals surface area contributed by atoms with Crippen LogP contribution in [0.5, 0.6) is 0 Å². The third-order valence-corrected chi connectivity index (χ3v) is 1.71. The molecule has 0 amide bonds. The minimum atomic E-state index is -1.35. The summed E-state index contributed by atoms with van der Waals surface area (Å²) < 4.78 is 0. The van der Waals surface area contributed by atoms with Gasteiger partial charge in [0.1, 0.15) is 0 Å². The predicted octanol–water partition coefficient (Wildman–Crippen LogP) is -0.287. The highest BCUT2D eigenvalue weighted by molar-refractivity contribution is 6.47. The van der Waals surface area contributed by atoms with Crippen LogP contribution in [0.1, 0.15) is 27.7 Å². The molecule has 0 radical (unpaired) electrons. The molecular weight excluding hydrogens is 171 g/mol. The summed E-state index contributed by atoms with van der Waals surface area (Å²) in [5.41, 5.74) is -2.01. The minimum absolute atomic E-state index is 1.01. The fraction of sp³-hybridized carbons (Fsp3) is 0.750. The van der Waals surface area contributed by atoms with Gasteiger partial charge in [-0.2, -0.15) is 0 Å². The molecule has 0 heterocycles. The van der Waals surface area contributed by atoms with E-state index in [-0.39, 0.29) is 0 Å². The summed E-state index contributed by atoms with van der Waals surface area (Å²) in [5.74, 6) is 1.03. The van der Waals surface area contributed by atoms with E-state index in [9.17, 15) is 0 Å². The summed E-state index contributed by atoms with van der Waals surface area (Å²) in [5, 5.41) is 33.8. The average Bonchev–Trinajstić information content (AvgIpc) is 1.84. The highest BCUT2D eigenvalue weighted by atomic mass is 16.4. The summed E-state index contributed by atoms with van der Waals surface area (Å²) in [6, 6.07) is 0. The highest BCUT2D eigenvalue weighted by Gasteiger charge is 2.31. The molecule has 78 valence electrons. The first kappa shape index (κ1) is 15.1. The maximum absolute atomic E-state index is 9.10. The van der Waals surface area contributed by atoms with E-state index in [2.05, 4.69) is 6.58 Å². The zero-order chi connectivity index (χ0) is 11.3.